The number of rotatable bonds is 2. The van der Waals surface area contributed by atoms with E-state index in [1.807, 2.05) is 31.2 Å². The van der Waals surface area contributed by atoms with Crippen molar-refractivity contribution < 1.29 is 9.90 Å². The molecular formula is C12H15N3O2. The fourth-order valence-corrected chi connectivity index (χ4v) is 1.79. The van der Waals surface area contributed by atoms with E-state index in [1.54, 1.807) is 12.1 Å². The van der Waals surface area contributed by atoms with Gasteiger partial charge in [-0.25, -0.2) is 0 Å². The van der Waals surface area contributed by atoms with Crippen LogP contribution in [-0.4, -0.2) is 25.7 Å². The van der Waals surface area contributed by atoms with Crippen LogP contribution in [0.1, 0.15) is 32.3 Å². The molecule has 0 saturated carbocycles. The molecule has 0 aliphatic rings. The fourth-order valence-electron chi connectivity index (χ4n) is 1.79. The lowest BCUT2D eigenvalue weighted by Crippen LogP contribution is -2.18. The third-order valence-electron chi connectivity index (χ3n) is 2.51. The van der Waals surface area contributed by atoms with Crippen LogP contribution in [0.5, 0.6) is 0 Å². The van der Waals surface area contributed by atoms with Crippen LogP contribution >= 0.6 is 0 Å². The summed E-state index contributed by atoms with van der Waals surface area (Å²) in [7, 11) is 0. The third-order valence-corrected chi connectivity index (χ3v) is 2.51. The highest BCUT2D eigenvalue weighted by Crippen LogP contribution is 2.22. The Kier molecular flexibility index (Phi) is 2.61. The van der Waals surface area contributed by atoms with Gasteiger partial charge < -0.3 is 5.11 Å². The Hall–Kier alpha value is -1.91. The Balaban J connectivity index is 2.68. The molecule has 0 atom stereocenters. The van der Waals surface area contributed by atoms with Gasteiger partial charge in [0, 0.05) is 11.1 Å². The molecule has 5 heteroatoms. The van der Waals surface area contributed by atoms with E-state index in [0.717, 1.165) is 5.82 Å². The van der Waals surface area contributed by atoms with Crippen LogP contribution in [0.25, 0.3) is 5.65 Å². The average molecular weight is 233 g/mol. The van der Waals surface area contributed by atoms with Gasteiger partial charge in [-0.05, 0) is 12.1 Å². The van der Waals surface area contributed by atoms with Crippen LogP contribution in [-0.2, 0) is 16.6 Å². The number of aliphatic carboxylic acids is 1. The summed E-state index contributed by atoms with van der Waals surface area (Å²) in [6.07, 6.45) is -0.0293. The molecule has 0 aromatic carbocycles. The molecule has 2 heterocycles. The van der Waals surface area contributed by atoms with Gasteiger partial charge in [-0.1, -0.05) is 26.8 Å². The second-order valence-corrected chi connectivity index (χ2v) is 5.05. The van der Waals surface area contributed by atoms with Crippen molar-refractivity contribution in [2.45, 2.75) is 32.6 Å². The third kappa shape index (κ3) is 2.13. The molecule has 0 aliphatic carbocycles. The molecular weight excluding hydrogens is 218 g/mol. The van der Waals surface area contributed by atoms with Gasteiger partial charge in [-0.15, -0.1) is 10.2 Å². The number of aromatic nitrogens is 3. The second kappa shape index (κ2) is 3.84. The van der Waals surface area contributed by atoms with Gasteiger partial charge in [-0.3, -0.25) is 9.20 Å². The van der Waals surface area contributed by atoms with Crippen LogP contribution in [0.15, 0.2) is 18.2 Å². The largest absolute Gasteiger partial charge is 0.481 e. The Morgan fingerprint density at radius 3 is 2.65 bits per heavy atom. The zero-order chi connectivity index (χ0) is 12.6. The maximum Gasteiger partial charge on any atom is 0.309 e. The molecule has 5 nitrogen and oxygen atoms in total. The topological polar surface area (TPSA) is 67.5 Å². The first kappa shape index (κ1) is 11.6. The normalized spacial score (nSPS) is 11.9. The van der Waals surface area contributed by atoms with Crippen molar-refractivity contribution in [1.29, 1.82) is 0 Å². The molecule has 2 aromatic heterocycles. The Labute approximate surface area is 99.1 Å². The standard InChI is InChI=1S/C12H15N3O2/c1-12(2,3)11-14-13-9-6-4-5-8(15(9)11)7-10(16)17/h4-6H,7H2,1-3H3,(H,16,17). The molecule has 0 spiro atoms. The lowest BCUT2D eigenvalue weighted by atomic mass is 9.95. The molecule has 90 valence electrons. The number of hydrogen-bond acceptors (Lipinski definition) is 3. The van der Waals surface area contributed by atoms with E-state index < -0.39 is 5.97 Å². The smallest absolute Gasteiger partial charge is 0.309 e. The summed E-state index contributed by atoms with van der Waals surface area (Å²) in [6.45, 7) is 6.09. The maximum absolute atomic E-state index is 10.8. The lowest BCUT2D eigenvalue weighted by molar-refractivity contribution is -0.136. The van der Waals surface area contributed by atoms with Gasteiger partial charge >= 0.3 is 5.97 Å². The molecule has 0 fully saturated rings. The number of nitrogens with zero attached hydrogens (tertiary/aromatic N) is 3. The highest BCUT2D eigenvalue weighted by atomic mass is 16.4. The van der Waals surface area contributed by atoms with Crippen LogP contribution in [0.2, 0.25) is 0 Å². The van der Waals surface area contributed by atoms with E-state index in [1.165, 1.54) is 0 Å². The monoisotopic (exact) mass is 233 g/mol. The molecule has 0 amide bonds. The Morgan fingerprint density at radius 1 is 1.35 bits per heavy atom. The summed E-state index contributed by atoms with van der Waals surface area (Å²) in [6, 6.07) is 5.42. The second-order valence-electron chi connectivity index (χ2n) is 5.05. The van der Waals surface area contributed by atoms with Crippen LogP contribution in [0.3, 0.4) is 0 Å². The first-order valence-corrected chi connectivity index (χ1v) is 5.45. The van der Waals surface area contributed by atoms with E-state index in [0.29, 0.717) is 11.3 Å². The molecule has 17 heavy (non-hydrogen) atoms. The summed E-state index contributed by atoms with van der Waals surface area (Å²) in [5, 5.41) is 17.1. The minimum absolute atomic E-state index is 0.0293. The van der Waals surface area contributed by atoms with Crippen molar-refractivity contribution in [2.75, 3.05) is 0 Å². The van der Waals surface area contributed by atoms with Gasteiger partial charge in [0.15, 0.2) is 5.65 Å². The van der Waals surface area contributed by atoms with Gasteiger partial charge in [0.1, 0.15) is 5.82 Å². The predicted octanol–water partition coefficient (Wildman–Crippen LogP) is 1.65. The molecule has 0 bridgehead atoms. The molecule has 1 N–H and O–H groups in total. The van der Waals surface area contributed by atoms with Crippen molar-refractivity contribution in [3.63, 3.8) is 0 Å². The molecule has 2 aromatic rings. The highest BCUT2D eigenvalue weighted by Gasteiger charge is 2.22. The summed E-state index contributed by atoms with van der Waals surface area (Å²) < 4.78 is 1.83. The fraction of sp³-hybridized carbons (Fsp3) is 0.417. The van der Waals surface area contributed by atoms with Crippen molar-refractivity contribution in [2.24, 2.45) is 0 Å². The molecule has 0 saturated heterocycles. The van der Waals surface area contributed by atoms with E-state index >= 15 is 0 Å². The van der Waals surface area contributed by atoms with Crippen molar-refractivity contribution in [3.8, 4) is 0 Å². The molecule has 0 aliphatic heterocycles. The number of carboxylic acids is 1. The van der Waals surface area contributed by atoms with Crippen molar-refractivity contribution >= 4 is 11.6 Å². The van der Waals surface area contributed by atoms with Gasteiger partial charge in [-0.2, -0.15) is 0 Å². The van der Waals surface area contributed by atoms with Gasteiger partial charge in [0.2, 0.25) is 0 Å². The van der Waals surface area contributed by atoms with Crippen LogP contribution < -0.4 is 0 Å². The zero-order valence-corrected chi connectivity index (χ0v) is 10.1. The SMILES string of the molecule is CC(C)(C)c1nnc2cccc(CC(=O)O)n12. The summed E-state index contributed by atoms with van der Waals surface area (Å²) in [4.78, 5) is 10.8. The minimum Gasteiger partial charge on any atom is -0.481 e. The van der Waals surface area contributed by atoms with Crippen molar-refractivity contribution in [1.82, 2.24) is 14.6 Å². The van der Waals surface area contributed by atoms with Crippen molar-refractivity contribution in [3.05, 3.63) is 29.7 Å². The Bertz CT molecular complexity index is 567. The summed E-state index contributed by atoms with van der Waals surface area (Å²) in [5.41, 5.74) is 1.21. The number of hydrogen-bond donors (Lipinski definition) is 1. The average Bonchev–Trinajstić information content (AvgIpc) is 2.60. The summed E-state index contributed by atoms with van der Waals surface area (Å²) in [5.74, 6) is -0.0737. The minimum atomic E-state index is -0.856. The number of fused-ring (bicyclic) bond motifs is 1. The van der Waals surface area contributed by atoms with Crippen LogP contribution in [0.4, 0.5) is 0 Å². The van der Waals surface area contributed by atoms with Gasteiger partial charge in [0.05, 0.1) is 6.42 Å². The highest BCUT2D eigenvalue weighted by molar-refractivity contribution is 5.70. The first-order valence-electron chi connectivity index (χ1n) is 5.45. The number of carboxylic acid groups (broad SMARTS) is 1. The summed E-state index contributed by atoms with van der Waals surface area (Å²) >= 11 is 0. The number of pyridine rings is 1. The van der Waals surface area contributed by atoms with E-state index in [4.69, 9.17) is 5.11 Å². The lowest BCUT2D eigenvalue weighted by Gasteiger charge is -2.17. The zero-order valence-electron chi connectivity index (χ0n) is 10.1. The molecule has 0 radical (unpaired) electrons. The molecule has 0 unspecified atom stereocenters. The quantitative estimate of drug-likeness (QED) is 0.856. The Morgan fingerprint density at radius 2 is 2.06 bits per heavy atom. The maximum atomic E-state index is 10.8. The van der Waals surface area contributed by atoms with E-state index in [9.17, 15) is 4.79 Å². The first-order chi connectivity index (χ1) is 7.89. The van der Waals surface area contributed by atoms with Crippen LogP contribution in [0, 0.1) is 0 Å². The predicted molar refractivity (Wildman–Crippen MR) is 63.0 cm³/mol. The van der Waals surface area contributed by atoms with Gasteiger partial charge in [0.25, 0.3) is 0 Å². The van der Waals surface area contributed by atoms with E-state index in [2.05, 4.69) is 10.2 Å². The molecule has 2 rings (SSSR count). The van der Waals surface area contributed by atoms with E-state index in [-0.39, 0.29) is 11.8 Å². The number of carbonyl (C=O) groups is 1.